The molecule has 0 aliphatic heterocycles. The molecule has 0 aromatic heterocycles. The fourth-order valence-corrected chi connectivity index (χ4v) is 2.55. The second kappa shape index (κ2) is 10.3. The van der Waals surface area contributed by atoms with Gasteiger partial charge in [-0.05, 0) is 26.1 Å². The molecule has 16 heavy (non-hydrogen) atoms. The van der Waals surface area contributed by atoms with Crippen LogP contribution in [0.2, 0.25) is 19.6 Å². The molecule has 0 amide bonds. The van der Waals surface area contributed by atoms with Gasteiger partial charge in [0.05, 0.1) is 0 Å². The van der Waals surface area contributed by atoms with Gasteiger partial charge >= 0.3 is 0 Å². The molecule has 0 N–H and O–H groups in total. The van der Waals surface area contributed by atoms with Crippen LogP contribution in [0.4, 0.5) is 0 Å². The molecule has 2 heteroatoms. The minimum absolute atomic E-state index is 0.992. The molecule has 0 saturated carbocycles. The van der Waals surface area contributed by atoms with E-state index in [1.54, 1.807) is 0 Å². The molecule has 0 radical (unpaired) electrons. The average Bonchev–Trinajstić information content (AvgIpc) is 2.19. The number of hydrogen-bond donors (Lipinski definition) is 0. The van der Waals surface area contributed by atoms with E-state index in [2.05, 4.69) is 26.6 Å². The maximum absolute atomic E-state index is 5.83. The van der Waals surface area contributed by atoms with Crippen LogP contribution in [0.15, 0.2) is 0 Å². The van der Waals surface area contributed by atoms with Crippen molar-refractivity contribution >= 4 is 8.32 Å². The van der Waals surface area contributed by atoms with E-state index in [-0.39, 0.29) is 0 Å². The Hall–Kier alpha value is 0.177. The molecular weight excluding hydrogens is 212 g/mol. The van der Waals surface area contributed by atoms with E-state index in [4.69, 9.17) is 4.43 Å². The van der Waals surface area contributed by atoms with Crippen LogP contribution >= 0.6 is 0 Å². The highest BCUT2D eigenvalue weighted by Gasteiger charge is 2.12. The highest BCUT2D eigenvalue weighted by Crippen LogP contribution is 2.10. The minimum Gasteiger partial charge on any atom is -0.418 e. The summed E-state index contributed by atoms with van der Waals surface area (Å²) < 4.78 is 5.83. The van der Waals surface area contributed by atoms with Gasteiger partial charge < -0.3 is 4.43 Å². The molecular formula is C14H32OSi. The van der Waals surface area contributed by atoms with Gasteiger partial charge in [-0.25, -0.2) is 0 Å². The van der Waals surface area contributed by atoms with Crippen LogP contribution in [-0.4, -0.2) is 14.9 Å². The highest BCUT2D eigenvalue weighted by molar-refractivity contribution is 6.69. The zero-order valence-electron chi connectivity index (χ0n) is 12.0. The molecule has 0 rings (SSSR count). The van der Waals surface area contributed by atoms with Crippen molar-refractivity contribution in [3.05, 3.63) is 0 Å². The van der Waals surface area contributed by atoms with E-state index in [0.717, 1.165) is 6.61 Å². The second-order valence-corrected chi connectivity index (χ2v) is 10.3. The van der Waals surface area contributed by atoms with Crippen molar-refractivity contribution in [1.82, 2.24) is 0 Å². The quantitative estimate of drug-likeness (QED) is 0.351. The Bertz CT molecular complexity index is 140. The fraction of sp³-hybridized carbons (Fsp3) is 1.00. The maximum atomic E-state index is 5.83. The van der Waals surface area contributed by atoms with Crippen molar-refractivity contribution in [2.75, 3.05) is 6.61 Å². The van der Waals surface area contributed by atoms with Gasteiger partial charge in [-0.3, -0.25) is 0 Å². The first kappa shape index (κ1) is 16.2. The molecule has 0 saturated heterocycles. The van der Waals surface area contributed by atoms with Gasteiger partial charge in [0.25, 0.3) is 0 Å². The Labute approximate surface area is 104 Å². The predicted octanol–water partition coefficient (Wildman–Crippen LogP) is 5.37. The molecule has 0 atom stereocenters. The van der Waals surface area contributed by atoms with Gasteiger partial charge in [0.15, 0.2) is 8.32 Å². The lowest BCUT2D eigenvalue weighted by atomic mass is 10.1. The van der Waals surface area contributed by atoms with E-state index >= 15 is 0 Å². The Kier molecular flexibility index (Phi) is 10.5. The smallest absolute Gasteiger partial charge is 0.183 e. The van der Waals surface area contributed by atoms with Gasteiger partial charge in [0.2, 0.25) is 0 Å². The van der Waals surface area contributed by atoms with Crippen molar-refractivity contribution in [1.29, 1.82) is 0 Å². The van der Waals surface area contributed by atoms with Crippen molar-refractivity contribution in [2.45, 2.75) is 84.4 Å². The maximum Gasteiger partial charge on any atom is 0.183 e. The van der Waals surface area contributed by atoms with Crippen LogP contribution in [0.1, 0.15) is 64.7 Å². The lowest BCUT2D eigenvalue weighted by Crippen LogP contribution is -2.25. The number of rotatable bonds is 11. The van der Waals surface area contributed by atoms with Gasteiger partial charge in [0, 0.05) is 6.61 Å². The topological polar surface area (TPSA) is 9.23 Å². The van der Waals surface area contributed by atoms with Crippen LogP contribution < -0.4 is 0 Å². The molecule has 0 aromatic rings. The van der Waals surface area contributed by atoms with Gasteiger partial charge in [-0.15, -0.1) is 0 Å². The van der Waals surface area contributed by atoms with E-state index in [1.807, 2.05) is 0 Å². The lowest BCUT2D eigenvalue weighted by molar-refractivity contribution is 0.298. The zero-order chi connectivity index (χ0) is 12.3. The standard InChI is InChI=1S/C14H32OSi/c1-5-6-7-8-9-10-11-12-13-14-15-16(2,3)4/h5-14H2,1-4H3. The van der Waals surface area contributed by atoms with Crippen LogP contribution in [-0.2, 0) is 4.43 Å². The monoisotopic (exact) mass is 244 g/mol. The van der Waals surface area contributed by atoms with Gasteiger partial charge in [0.1, 0.15) is 0 Å². The SMILES string of the molecule is CCCCCCCCCCCO[Si](C)(C)C. The molecule has 0 heterocycles. The summed E-state index contributed by atoms with van der Waals surface area (Å²) in [6.07, 6.45) is 12.6. The summed E-state index contributed by atoms with van der Waals surface area (Å²) in [7, 11) is -1.25. The third kappa shape index (κ3) is 14.2. The molecule has 0 bridgehead atoms. The average molecular weight is 244 g/mol. The molecule has 0 aliphatic rings. The third-order valence-corrected chi connectivity index (χ3v) is 3.85. The Morgan fingerprint density at radius 2 is 1.12 bits per heavy atom. The first-order valence-electron chi connectivity index (χ1n) is 7.20. The van der Waals surface area contributed by atoms with Crippen LogP contribution in [0.5, 0.6) is 0 Å². The summed E-state index contributed by atoms with van der Waals surface area (Å²) in [6.45, 7) is 10.1. The largest absolute Gasteiger partial charge is 0.418 e. The molecule has 1 nitrogen and oxygen atoms in total. The zero-order valence-corrected chi connectivity index (χ0v) is 13.0. The summed E-state index contributed by atoms with van der Waals surface area (Å²) in [4.78, 5) is 0. The molecule has 98 valence electrons. The Morgan fingerprint density at radius 3 is 1.56 bits per heavy atom. The molecule has 0 aromatic carbocycles. The first-order valence-corrected chi connectivity index (χ1v) is 10.6. The summed E-state index contributed by atoms with van der Waals surface area (Å²) in [5.74, 6) is 0. The number of unbranched alkanes of at least 4 members (excludes halogenated alkanes) is 8. The summed E-state index contributed by atoms with van der Waals surface area (Å²) in [5, 5.41) is 0. The molecule has 0 unspecified atom stereocenters. The van der Waals surface area contributed by atoms with E-state index in [0.29, 0.717) is 0 Å². The van der Waals surface area contributed by atoms with Gasteiger partial charge in [-0.1, -0.05) is 58.3 Å². The number of hydrogen-bond acceptors (Lipinski definition) is 1. The normalized spacial score (nSPS) is 12.0. The van der Waals surface area contributed by atoms with Crippen molar-refractivity contribution < 1.29 is 4.43 Å². The summed E-state index contributed by atoms with van der Waals surface area (Å²) in [5.41, 5.74) is 0. The van der Waals surface area contributed by atoms with E-state index in [9.17, 15) is 0 Å². The molecule has 0 aliphatic carbocycles. The third-order valence-electron chi connectivity index (χ3n) is 2.78. The summed E-state index contributed by atoms with van der Waals surface area (Å²) >= 11 is 0. The van der Waals surface area contributed by atoms with Crippen LogP contribution in [0.25, 0.3) is 0 Å². The lowest BCUT2D eigenvalue weighted by Gasteiger charge is -2.16. The predicted molar refractivity (Wildman–Crippen MR) is 76.5 cm³/mol. The highest BCUT2D eigenvalue weighted by atomic mass is 28.4. The first-order chi connectivity index (χ1) is 7.56. The Morgan fingerprint density at radius 1 is 0.688 bits per heavy atom. The summed E-state index contributed by atoms with van der Waals surface area (Å²) in [6, 6.07) is 0. The van der Waals surface area contributed by atoms with Crippen LogP contribution in [0.3, 0.4) is 0 Å². The molecule has 0 spiro atoms. The second-order valence-electron chi connectivity index (χ2n) is 5.79. The van der Waals surface area contributed by atoms with Crippen molar-refractivity contribution in [3.63, 3.8) is 0 Å². The van der Waals surface area contributed by atoms with E-state index < -0.39 is 8.32 Å². The fourth-order valence-electron chi connectivity index (χ4n) is 1.79. The van der Waals surface area contributed by atoms with Crippen molar-refractivity contribution in [2.24, 2.45) is 0 Å². The minimum atomic E-state index is -1.25. The van der Waals surface area contributed by atoms with Crippen molar-refractivity contribution in [3.8, 4) is 0 Å². The van der Waals surface area contributed by atoms with Gasteiger partial charge in [-0.2, -0.15) is 0 Å². The van der Waals surface area contributed by atoms with Crippen LogP contribution in [0, 0.1) is 0 Å². The molecule has 0 fully saturated rings. The Balaban J connectivity index is 2.99. The van der Waals surface area contributed by atoms with E-state index in [1.165, 1.54) is 57.8 Å².